The summed E-state index contributed by atoms with van der Waals surface area (Å²) in [7, 11) is 0. The molecule has 1 N–H and O–H groups in total. The fourth-order valence-electron chi connectivity index (χ4n) is 3.27. The Morgan fingerprint density at radius 2 is 1.74 bits per heavy atom. The fraction of sp³-hybridized carbons (Fsp3) is 0.0909. The first-order chi connectivity index (χ1) is 13.1. The molecule has 0 amide bonds. The molecule has 2 aromatic heterocycles. The van der Waals surface area contributed by atoms with E-state index in [0.29, 0.717) is 10.4 Å². The van der Waals surface area contributed by atoms with Crippen LogP contribution in [-0.2, 0) is 0 Å². The summed E-state index contributed by atoms with van der Waals surface area (Å²) < 4.78 is 1.73. The summed E-state index contributed by atoms with van der Waals surface area (Å²) >= 11 is 6.35. The molecule has 4 rings (SSSR count). The molecule has 4 nitrogen and oxygen atoms in total. The van der Waals surface area contributed by atoms with E-state index in [-0.39, 0.29) is 11.6 Å². The summed E-state index contributed by atoms with van der Waals surface area (Å²) in [6.45, 7) is 2.03. The molecule has 0 radical (unpaired) electrons. The first-order valence-electron chi connectivity index (χ1n) is 8.71. The number of nitrogens with zero attached hydrogens (tertiary/aromatic N) is 2. The van der Waals surface area contributed by atoms with E-state index < -0.39 is 0 Å². The molecule has 2 heterocycles. The molecule has 4 aromatic rings. The zero-order chi connectivity index (χ0) is 18.8. The number of nitrogens with one attached hydrogen (secondary N) is 1. The molecule has 0 saturated carbocycles. The van der Waals surface area contributed by atoms with E-state index in [2.05, 4.69) is 10.3 Å². The molecule has 134 valence electrons. The summed E-state index contributed by atoms with van der Waals surface area (Å²) in [6.07, 6.45) is 3.47. The van der Waals surface area contributed by atoms with Crippen LogP contribution in [0.15, 0.2) is 83.9 Å². The van der Waals surface area contributed by atoms with Gasteiger partial charge in [0.2, 0.25) is 0 Å². The molecule has 0 aliphatic rings. The first-order valence-corrected chi connectivity index (χ1v) is 9.09. The number of rotatable bonds is 4. The maximum atomic E-state index is 13.4. The van der Waals surface area contributed by atoms with Crippen LogP contribution in [0.3, 0.4) is 0 Å². The molecule has 0 unspecified atom stereocenters. The molecule has 27 heavy (non-hydrogen) atoms. The maximum Gasteiger partial charge on any atom is 0.264 e. The lowest BCUT2D eigenvalue weighted by Crippen LogP contribution is -2.25. The van der Waals surface area contributed by atoms with Gasteiger partial charge in [-0.2, -0.15) is 0 Å². The predicted octanol–water partition coefficient (Wildman–Crippen LogP) is 5.21. The highest BCUT2D eigenvalue weighted by molar-refractivity contribution is 6.35. The van der Waals surface area contributed by atoms with Crippen LogP contribution >= 0.6 is 11.6 Å². The van der Waals surface area contributed by atoms with Gasteiger partial charge in [0.05, 0.1) is 16.5 Å². The number of anilines is 1. The second-order valence-electron chi connectivity index (χ2n) is 6.35. The second-order valence-corrected chi connectivity index (χ2v) is 6.76. The van der Waals surface area contributed by atoms with Gasteiger partial charge in [0.1, 0.15) is 0 Å². The van der Waals surface area contributed by atoms with Crippen LogP contribution in [0, 0.1) is 0 Å². The zero-order valence-electron chi connectivity index (χ0n) is 14.8. The van der Waals surface area contributed by atoms with Crippen LogP contribution in [-0.4, -0.2) is 9.55 Å². The van der Waals surface area contributed by atoms with Crippen molar-refractivity contribution in [1.29, 1.82) is 0 Å². The lowest BCUT2D eigenvalue weighted by Gasteiger charge is -2.22. The molecular formula is C22H18ClN3O. The summed E-state index contributed by atoms with van der Waals surface area (Å²) in [6, 6.07) is 20.9. The third kappa shape index (κ3) is 3.32. The summed E-state index contributed by atoms with van der Waals surface area (Å²) in [4.78, 5) is 17.4. The number of hydrogen-bond donors (Lipinski definition) is 1. The van der Waals surface area contributed by atoms with Gasteiger partial charge >= 0.3 is 0 Å². The van der Waals surface area contributed by atoms with Gasteiger partial charge in [-0.25, -0.2) is 0 Å². The smallest absolute Gasteiger partial charge is 0.264 e. The van der Waals surface area contributed by atoms with Gasteiger partial charge in [0, 0.05) is 29.5 Å². The third-order valence-corrected chi connectivity index (χ3v) is 4.86. The van der Waals surface area contributed by atoms with Gasteiger partial charge in [0.25, 0.3) is 5.56 Å². The Labute approximate surface area is 162 Å². The molecule has 0 bridgehead atoms. The first kappa shape index (κ1) is 17.3. The number of pyridine rings is 2. The Morgan fingerprint density at radius 3 is 2.48 bits per heavy atom. The summed E-state index contributed by atoms with van der Waals surface area (Å²) in [5.41, 5.74) is 2.49. The highest BCUT2D eigenvalue weighted by Gasteiger charge is 2.17. The number of hydrogen-bond acceptors (Lipinski definition) is 3. The average molecular weight is 376 g/mol. The van der Waals surface area contributed by atoms with Crippen molar-refractivity contribution < 1.29 is 0 Å². The van der Waals surface area contributed by atoms with E-state index in [1.807, 2.05) is 67.6 Å². The van der Waals surface area contributed by atoms with Crippen molar-refractivity contribution in [2.45, 2.75) is 13.0 Å². The minimum atomic E-state index is -0.123. The largest absolute Gasteiger partial charge is 0.377 e. The number of benzene rings is 2. The molecule has 0 aliphatic heterocycles. The Balaban J connectivity index is 1.94. The van der Waals surface area contributed by atoms with Crippen molar-refractivity contribution in [2.24, 2.45) is 0 Å². The maximum absolute atomic E-state index is 13.4. The summed E-state index contributed by atoms with van der Waals surface area (Å²) in [5.74, 6) is 0. The lowest BCUT2D eigenvalue weighted by molar-refractivity contribution is 0.777. The van der Waals surface area contributed by atoms with Gasteiger partial charge in [-0.1, -0.05) is 41.9 Å². The third-order valence-electron chi connectivity index (χ3n) is 4.55. The van der Waals surface area contributed by atoms with Gasteiger partial charge in [-0.15, -0.1) is 0 Å². The second kappa shape index (κ2) is 7.25. The minimum absolute atomic E-state index is 0.108. The Kier molecular flexibility index (Phi) is 4.65. The number of halogens is 1. The molecule has 1 atom stereocenters. The number of fused-ring (bicyclic) bond motifs is 1. The fourth-order valence-corrected chi connectivity index (χ4v) is 3.54. The van der Waals surface area contributed by atoms with Crippen LogP contribution in [0.5, 0.6) is 0 Å². The average Bonchev–Trinajstić information content (AvgIpc) is 2.69. The van der Waals surface area contributed by atoms with Crippen molar-refractivity contribution in [2.75, 3.05) is 5.32 Å². The Bertz CT molecular complexity index is 1140. The monoisotopic (exact) mass is 375 g/mol. The zero-order valence-corrected chi connectivity index (χ0v) is 15.5. The molecule has 0 fully saturated rings. The van der Waals surface area contributed by atoms with Gasteiger partial charge < -0.3 is 5.32 Å². The Hall–Kier alpha value is -3.11. The summed E-state index contributed by atoms with van der Waals surface area (Å²) in [5, 5.41) is 5.27. The topological polar surface area (TPSA) is 46.9 Å². The SMILES string of the molecule is C[C@H](Nc1ccncc1)c1cc2cccc(Cl)c2c(=O)n1-c1ccccc1. The van der Waals surface area contributed by atoms with Crippen LogP contribution in [0.4, 0.5) is 5.69 Å². The van der Waals surface area contributed by atoms with Crippen molar-refractivity contribution in [3.63, 3.8) is 0 Å². The number of para-hydroxylation sites is 1. The quantitative estimate of drug-likeness (QED) is 0.532. The van der Waals surface area contributed by atoms with Crippen LogP contribution in [0.1, 0.15) is 18.7 Å². The number of aromatic nitrogens is 2. The van der Waals surface area contributed by atoms with Crippen molar-refractivity contribution in [3.8, 4) is 5.69 Å². The standard InChI is InChI=1S/C22H18ClN3O/c1-15(25-17-10-12-24-13-11-17)20-14-16-6-5-9-19(23)21(16)22(27)26(20)18-7-3-2-4-8-18/h2-15H,1H3,(H,24,25)/t15-/m0/s1. The minimum Gasteiger partial charge on any atom is -0.377 e. The highest BCUT2D eigenvalue weighted by Crippen LogP contribution is 2.27. The predicted molar refractivity (Wildman–Crippen MR) is 111 cm³/mol. The van der Waals surface area contributed by atoms with E-state index in [9.17, 15) is 4.79 Å². The lowest BCUT2D eigenvalue weighted by atomic mass is 10.1. The van der Waals surface area contributed by atoms with E-state index in [0.717, 1.165) is 22.5 Å². The molecular weight excluding hydrogens is 358 g/mol. The normalized spacial score (nSPS) is 12.1. The molecule has 5 heteroatoms. The Morgan fingerprint density at radius 1 is 1.00 bits per heavy atom. The highest BCUT2D eigenvalue weighted by atomic mass is 35.5. The van der Waals surface area contributed by atoms with Crippen molar-refractivity contribution in [1.82, 2.24) is 9.55 Å². The van der Waals surface area contributed by atoms with Gasteiger partial charge in [-0.05, 0) is 48.7 Å². The van der Waals surface area contributed by atoms with Crippen LogP contribution in [0.25, 0.3) is 16.5 Å². The van der Waals surface area contributed by atoms with E-state index in [1.165, 1.54) is 0 Å². The van der Waals surface area contributed by atoms with Gasteiger partial charge in [0.15, 0.2) is 0 Å². The van der Waals surface area contributed by atoms with Crippen molar-refractivity contribution in [3.05, 3.63) is 100 Å². The van der Waals surface area contributed by atoms with E-state index >= 15 is 0 Å². The van der Waals surface area contributed by atoms with Crippen LogP contribution in [0.2, 0.25) is 5.02 Å². The van der Waals surface area contributed by atoms with Crippen LogP contribution < -0.4 is 10.9 Å². The van der Waals surface area contributed by atoms with E-state index in [1.54, 1.807) is 23.0 Å². The molecule has 0 spiro atoms. The van der Waals surface area contributed by atoms with Gasteiger partial charge in [-0.3, -0.25) is 14.3 Å². The van der Waals surface area contributed by atoms with E-state index in [4.69, 9.17) is 11.6 Å². The molecule has 0 aliphatic carbocycles. The molecule has 2 aromatic carbocycles. The van der Waals surface area contributed by atoms with Crippen molar-refractivity contribution >= 4 is 28.1 Å². The molecule has 0 saturated heterocycles.